The lowest BCUT2D eigenvalue weighted by atomic mass is 10.3. The van der Waals surface area contributed by atoms with Gasteiger partial charge >= 0.3 is 0 Å². The van der Waals surface area contributed by atoms with E-state index < -0.39 is 10.0 Å². The van der Waals surface area contributed by atoms with Crippen LogP contribution in [0.15, 0.2) is 47.6 Å². The average molecular weight is 388 g/mol. The Morgan fingerprint density at radius 1 is 1.19 bits per heavy atom. The maximum absolute atomic E-state index is 12.7. The van der Waals surface area contributed by atoms with Crippen LogP contribution in [0.1, 0.15) is 23.2 Å². The van der Waals surface area contributed by atoms with E-state index in [1.165, 1.54) is 21.8 Å². The van der Waals surface area contributed by atoms with Gasteiger partial charge in [-0.05, 0) is 43.2 Å². The minimum atomic E-state index is -3.47. The Kier molecular flexibility index (Phi) is 4.43. The third-order valence-electron chi connectivity index (χ3n) is 4.21. The van der Waals surface area contributed by atoms with E-state index in [9.17, 15) is 13.2 Å². The van der Waals surface area contributed by atoms with Gasteiger partial charge in [-0.15, -0.1) is 0 Å². The minimum Gasteiger partial charge on any atom is -0.298 e. The van der Waals surface area contributed by atoms with Crippen LogP contribution in [0.5, 0.6) is 0 Å². The number of hydrogen-bond acceptors (Lipinski definition) is 6. The molecule has 0 aliphatic carbocycles. The van der Waals surface area contributed by atoms with Gasteiger partial charge < -0.3 is 0 Å². The maximum Gasteiger partial charge on any atom is 0.259 e. The maximum atomic E-state index is 12.7. The molecule has 9 heteroatoms. The Labute approximate surface area is 154 Å². The number of nitrogens with zero attached hydrogens (tertiary/aromatic N) is 3. The molecule has 26 heavy (non-hydrogen) atoms. The largest absolute Gasteiger partial charge is 0.298 e. The number of nitrogens with one attached hydrogen (secondary N) is 1. The summed E-state index contributed by atoms with van der Waals surface area (Å²) in [5.41, 5.74) is 1.08. The van der Waals surface area contributed by atoms with E-state index in [1.807, 2.05) is 0 Å². The zero-order chi connectivity index (χ0) is 18.1. The fourth-order valence-electron chi connectivity index (χ4n) is 2.86. The Morgan fingerprint density at radius 3 is 2.73 bits per heavy atom. The number of aromatic nitrogens is 2. The number of rotatable bonds is 4. The predicted octanol–water partition coefficient (Wildman–Crippen LogP) is 2.73. The van der Waals surface area contributed by atoms with Crippen molar-refractivity contribution in [1.29, 1.82) is 0 Å². The Morgan fingerprint density at radius 2 is 2.00 bits per heavy atom. The third-order valence-corrected chi connectivity index (χ3v) is 7.04. The molecule has 3 aromatic rings. The molecule has 3 heterocycles. The van der Waals surface area contributed by atoms with Crippen molar-refractivity contribution in [3.05, 3.63) is 48.3 Å². The summed E-state index contributed by atoms with van der Waals surface area (Å²) in [7, 11) is -3.47. The lowest BCUT2D eigenvalue weighted by Gasteiger charge is -2.15. The van der Waals surface area contributed by atoms with E-state index in [-0.39, 0.29) is 10.8 Å². The SMILES string of the molecule is O=C(Nc1nc2ccc(S(=O)(=O)N3CCCC3)cc2s1)c1cccnc1. The van der Waals surface area contributed by atoms with Crippen molar-refractivity contribution in [1.82, 2.24) is 14.3 Å². The Bertz CT molecular complexity index is 1060. The number of benzene rings is 1. The number of sulfonamides is 1. The number of fused-ring (bicyclic) bond motifs is 1. The highest BCUT2D eigenvalue weighted by atomic mass is 32.2. The molecule has 0 atom stereocenters. The van der Waals surface area contributed by atoms with E-state index >= 15 is 0 Å². The van der Waals surface area contributed by atoms with Gasteiger partial charge in [0.25, 0.3) is 5.91 Å². The molecule has 4 rings (SSSR count). The van der Waals surface area contributed by atoms with Crippen LogP contribution in [-0.4, -0.2) is 41.7 Å². The van der Waals surface area contributed by atoms with Crippen LogP contribution in [0.4, 0.5) is 5.13 Å². The van der Waals surface area contributed by atoms with Gasteiger partial charge in [-0.2, -0.15) is 4.31 Å². The van der Waals surface area contributed by atoms with Gasteiger partial charge in [-0.25, -0.2) is 13.4 Å². The Hall–Kier alpha value is -2.36. The summed E-state index contributed by atoms with van der Waals surface area (Å²) in [5.74, 6) is -0.304. The molecule has 1 N–H and O–H groups in total. The van der Waals surface area contributed by atoms with Crippen LogP contribution in [0.3, 0.4) is 0 Å². The van der Waals surface area contributed by atoms with E-state index in [4.69, 9.17) is 0 Å². The molecule has 1 fully saturated rings. The molecule has 1 amide bonds. The van der Waals surface area contributed by atoms with Crippen LogP contribution in [0.2, 0.25) is 0 Å². The lowest BCUT2D eigenvalue weighted by molar-refractivity contribution is 0.102. The highest BCUT2D eigenvalue weighted by Gasteiger charge is 2.27. The van der Waals surface area contributed by atoms with Crippen LogP contribution >= 0.6 is 11.3 Å². The molecule has 0 bridgehead atoms. The quantitative estimate of drug-likeness (QED) is 0.742. The highest BCUT2D eigenvalue weighted by Crippen LogP contribution is 2.30. The zero-order valence-corrected chi connectivity index (χ0v) is 15.4. The molecule has 7 nitrogen and oxygen atoms in total. The van der Waals surface area contributed by atoms with Gasteiger partial charge in [0.1, 0.15) is 0 Å². The van der Waals surface area contributed by atoms with Gasteiger partial charge in [-0.3, -0.25) is 15.1 Å². The van der Waals surface area contributed by atoms with E-state index in [2.05, 4.69) is 15.3 Å². The standard InChI is InChI=1S/C17H16N4O3S2/c22-16(12-4-3-7-18-11-12)20-17-19-14-6-5-13(10-15(14)25-17)26(23,24)21-8-1-2-9-21/h3-7,10-11H,1-2,8-9H2,(H,19,20,22). The van der Waals surface area contributed by atoms with Crippen LogP contribution < -0.4 is 5.32 Å². The summed E-state index contributed by atoms with van der Waals surface area (Å²) in [6.45, 7) is 1.13. The first-order chi connectivity index (χ1) is 12.5. The first kappa shape index (κ1) is 17.1. The van der Waals surface area contributed by atoms with E-state index in [0.717, 1.165) is 12.8 Å². The summed E-state index contributed by atoms with van der Waals surface area (Å²) in [4.78, 5) is 20.7. The second-order valence-corrected chi connectivity index (χ2v) is 8.92. The smallest absolute Gasteiger partial charge is 0.259 e. The molecule has 0 saturated carbocycles. The molecular formula is C17H16N4O3S2. The molecule has 0 radical (unpaired) electrons. The fourth-order valence-corrected chi connectivity index (χ4v) is 5.38. The number of anilines is 1. The number of pyridine rings is 1. The van der Waals surface area contributed by atoms with Crippen molar-refractivity contribution in [2.75, 3.05) is 18.4 Å². The van der Waals surface area contributed by atoms with Crippen molar-refractivity contribution in [3.8, 4) is 0 Å². The molecule has 134 valence electrons. The van der Waals surface area contributed by atoms with Crippen molar-refractivity contribution in [3.63, 3.8) is 0 Å². The normalized spacial score (nSPS) is 15.4. The molecule has 2 aromatic heterocycles. The molecule has 1 aliphatic rings. The first-order valence-corrected chi connectivity index (χ1v) is 10.4. The van der Waals surface area contributed by atoms with Crippen molar-refractivity contribution >= 4 is 42.6 Å². The molecule has 1 aliphatic heterocycles. The number of hydrogen-bond donors (Lipinski definition) is 1. The molecule has 1 aromatic carbocycles. The summed E-state index contributed by atoms with van der Waals surface area (Å²) in [5, 5.41) is 3.15. The van der Waals surface area contributed by atoms with Gasteiger partial charge in [0.15, 0.2) is 5.13 Å². The first-order valence-electron chi connectivity index (χ1n) is 8.16. The van der Waals surface area contributed by atoms with Crippen LogP contribution in [0, 0.1) is 0 Å². The molecular weight excluding hydrogens is 372 g/mol. The summed E-state index contributed by atoms with van der Waals surface area (Å²) < 4.78 is 27.6. The fraction of sp³-hybridized carbons (Fsp3) is 0.235. The van der Waals surface area contributed by atoms with Gasteiger partial charge in [0.2, 0.25) is 10.0 Å². The van der Waals surface area contributed by atoms with Crippen LogP contribution in [-0.2, 0) is 10.0 Å². The topological polar surface area (TPSA) is 92.3 Å². The summed E-state index contributed by atoms with van der Waals surface area (Å²) in [6, 6.07) is 8.22. The number of carbonyl (C=O) groups is 1. The summed E-state index contributed by atoms with van der Waals surface area (Å²) in [6.07, 6.45) is 4.86. The van der Waals surface area contributed by atoms with Crippen molar-refractivity contribution in [2.45, 2.75) is 17.7 Å². The van der Waals surface area contributed by atoms with E-state index in [0.29, 0.717) is 34.0 Å². The number of thiazole rings is 1. The third kappa shape index (κ3) is 3.20. The summed E-state index contributed by atoms with van der Waals surface area (Å²) >= 11 is 1.25. The molecule has 0 spiro atoms. The highest BCUT2D eigenvalue weighted by molar-refractivity contribution is 7.89. The lowest BCUT2D eigenvalue weighted by Crippen LogP contribution is -2.27. The molecule has 0 unspecified atom stereocenters. The van der Waals surface area contributed by atoms with Crippen LogP contribution in [0.25, 0.3) is 10.2 Å². The minimum absolute atomic E-state index is 0.265. The number of carbonyl (C=O) groups excluding carboxylic acids is 1. The van der Waals surface area contributed by atoms with Crippen molar-refractivity contribution < 1.29 is 13.2 Å². The predicted molar refractivity (Wildman–Crippen MR) is 99.8 cm³/mol. The number of amides is 1. The van der Waals surface area contributed by atoms with Gasteiger partial charge in [0, 0.05) is 25.5 Å². The van der Waals surface area contributed by atoms with Crippen molar-refractivity contribution in [2.24, 2.45) is 0 Å². The van der Waals surface area contributed by atoms with Gasteiger partial charge in [-0.1, -0.05) is 11.3 Å². The second kappa shape index (κ2) is 6.75. The second-order valence-electron chi connectivity index (χ2n) is 5.96. The monoisotopic (exact) mass is 388 g/mol. The zero-order valence-electron chi connectivity index (χ0n) is 13.8. The van der Waals surface area contributed by atoms with Gasteiger partial charge in [0.05, 0.1) is 20.7 Å². The molecule has 1 saturated heterocycles. The average Bonchev–Trinajstić information content (AvgIpc) is 3.31. The van der Waals surface area contributed by atoms with E-state index in [1.54, 1.807) is 36.5 Å². The Balaban J connectivity index is 1.61.